The van der Waals surface area contributed by atoms with Crippen molar-refractivity contribution < 1.29 is 23.7 Å². The third-order valence-corrected chi connectivity index (χ3v) is 5.82. The lowest BCUT2D eigenvalue weighted by Gasteiger charge is -2.27. The second-order valence-corrected chi connectivity index (χ2v) is 8.41. The first-order valence-corrected chi connectivity index (χ1v) is 12.0. The molecule has 7 heteroatoms. The number of carbonyl (C=O) groups excluding carboxylic acids is 1. The molecule has 0 saturated heterocycles. The van der Waals surface area contributed by atoms with E-state index in [9.17, 15) is 10.1 Å². The highest BCUT2D eigenvalue weighted by Gasteiger charge is 2.31. The molecule has 1 aliphatic heterocycles. The Hall–Kier alpha value is -4.70. The smallest absolute Gasteiger partial charge is 0.343 e. The van der Waals surface area contributed by atoms with Gasteiger partial charge in [0.05, 0.1) is 18.1 Å². The second-order valence-electron chi connectivity index (χ2n) is 8.41. The van der Waals surface area contributed by atoms with Crippen molar-refractivity contribution in [2.45, 2.75) is 25.7 Å². The molecule has 1 aliphatic rings. The fraction of sp³-hybridized carbons (Fsp3) is 0.200. The fourth-order valence-corrected chi connectivity index (χ4v) is 3.97. The van der Waals surface area contributed by atoms with Crippen LogP contribution in [-0.4, -0.2) is 19.2 Å². The minimum absolute atomic E-state index is 0.000415. The third kappa shape index (κ3) is 5.93. The van der Waals surface area contributed by atoms with Crippen molar-refractivity contribution in [2.75, 3.05) is 13.2 Å². The first kappa shape index (κ1) is 25.4. The summed E-state index contributed by atoms with van der Waals surface area (Å²) in [6.45, 7) is 6.76. The molecule has 7 nitrogen and oxygen atoms in total. The van der Waals surface area contributed by atoms with Crippen molar-refractivity contribution in [1.82, 2.24) is 0 Å². The second kappa shape index (κ2) is 11.8. The topological polar surface area (TPSA) is 104 Å². The molecule has 4 rings (SSSR count). The summed E-state index contributed by atoms with van der Waals surface area (Å²) in [5, 5.41) is 9.82. The summed E-state index contributed by atoms with van der Waals surface area (Å²) in [5.41, 5.74) is 8.34. The van der Waals surface area contributed by atoms with E-state index in [2.05, 4.69) is 19.6 Å². The van der Waals surface area contributed by atoms with Crippen LogP contribution in [0.5, 0.6) is 23.0 Å². The number of nitrogens with two attached hydrogens (primary N) is 1. The van der Waals surface area contributed by atoms with Crippen LogP contribution >= 0.6 is 0 Å². The van der Waals surface area contributed by atoms with Gasteiger partial charge in [0.15, 0.2) is 0 Å². The summed E-state index contributed by atoms with van der Waals surface area (Å²) in [6, 6.07) is 21.5. The molecule has 0 saturated carbocycles. The molecule has 37 heavy (non-hydrogen) atoms. The number of nitrogens with zero attached hydrogens (tertiary/aromatic N) is 1. The number of allylic oxidation sites excluding steroid dienone is 1. The molecule has 3 aromatic carbocycles. The van der Waals surface area contributed by atoms with E-state index in [0.29, 0.717) is 47.3 Å². The number of hydrogen-bond acceptors (Lipinski definition) is 7. The van der Waals surface area contributed by atoms with Crippen LogP contribution in [0.1, 0.15) is 47.2 Å². The Morgan fingerprint density at radius 2 is 1.86 bits per heavy atom. The number of esters is 1. The van der Waals surface area contributed by atoms with Gasteiger partial charge in [-0.1, -0.05) is 44.2 Å². The van der Waals surface area contributed by atoms with Crippen molar-refractivity contribution >= 4 is 5.97 Å². The van der Waals surface area contributed by atoms with Crippen LogP contribution in [0.3, 0.4) is 0 Å². The molecular weight excluding hydrogens is 468 g/mol. The highest BCUT2D eigenvalue weighted by molar-refractivity contribution is 5.91. The van der Waals surface area contributed by atoms with E-state index in [-0.39, 0.29) is 5.88 Å². The predicted molar refractivity (Wildman–Crippen MR) is 140 cm³/mol. The third-order valence-electron chi connectivity index (χ3n) is 5.82. The van der Waals surface area contributed by atoms with E-state index in [1.54, 1.807) is 48.5 Å². The maximum absolute atomic E-state index is 12.7. The van der Waals surface area contributed by atoms with Crippen LogP contribution in [0.2, 0.25) is 0 Å². The highest BCUT2D eigenvalue weighted by Crippen LogP contribution is 2.44. The Morgan fingerprint density at radius 3 is 2.59 bits per heavy atom. The average molecular weight is 497 g/mol. The van der Waals surface area contributed by atoms with Crippen molar-refractivity contribution in [2.24, 2.45) is 5.73 Å². The molecule has 0 aromatic heterocycles. The molecule has 0 aliphatic carbocycles. The van der Waals surface area contributed by atoms with E-state index in [0.717, 1.165) is 24.0 Å². The summed E-state index contributed by atoms with van der Waals surface area (Å²) in [7, 11) is 0. The van der Waals surface area contributed by atoms with Crippen molar-refractivity contribution in [3.05, 3.63) is 108 Å². The number of rotatable bonds is 10. The van der Waals surface area contributed by atoms with Gasteiger partial charge in [0.2, 0.25) is 5.88 Å². The number of unbranched alkanes of at least 4 members (excludes halogenated alkanes) is 1. The lowest BCUT2D eigenvalue weighted by atomic mass is 9.83. The van der Waals surface area contributed by atoms with Crippen LogP contribution in [0.15, 0.2) is 90.8 Å². The predicted octanol–water partition coefficient (Wildman–Crippen LogP) is 5.87. The van der Waals surface area contributed by atoms with Gasteiger partial charge in [0.25, 0.3) is 0 Å². The fourth-order valence-electron chi connectivity index (χ4n) is 3.97. The number of nitriles is 1. The SMILES string of the molecule is C=CCOc1cccc(C2C(C#N)=C(N)Oc3cc(OC(=O)c4ccc(OCCCC)cc4)ccc32)c1. The molecule has 0 fully saturated rings. The molecule has 0 radical (unpaired) electrons. The molecule has 188 valence electrons. The monoisotopic (exact) mass is 496 g/mol. The van der Waals surface area contributed by atoms with Gasteiger partial charge in [-0.15, -0.1) is 0 Å². The minimum Gasteiger partial charge on any atom is -0.494 e. The first-order valence-electron chi connectivity index (χ1n) is 12.0. The summed E-state index contributed by atoms with van der Waals surface area (Å²) in [4.78, 5) is 12.7. The van der Waals surface area contributed by atoms with Crippen molar-refractivity contribution in [1.29, 1.82) is 5.26 Å². The Bertz CT molecular complexity index is 1360. The first-order chi connectivity index (χ1) is 18.0. The Balaban J connectivity index is 1.56. The number of fused-ring (bicyclic) bond motifs is 1. The van der Waals surface area contributed by atoms with Crippen LogP contribution in [0, 0.1) is 11.3 Å². The zero-order valence-corrected chi connectivity index (χ0v) is 20.6. The minimum atomic E-state index is -0.513. The van der Waals surface area contributed by atoms with E-state index >= 15 is 0 Å². The maximum atomic E-state index is 12.7. The van der Waals surface area contributed by atoms with E-state index < -0.39 is 11.9 Å². The Kier molecular flexibility index (Phi) is 8.11. The van der Waals surface area contributed by atoms with Crippen LogP contribution in [0.4, 0.5) is 0 Å². The summed E-state index contributed by atoms with van der Waals surface area (Å²) in [5.74, 6) is 1.07. The number of benzene rings is 3. The van der Waals surface area contributed by atoms with Crippen LogP contribution < -0.4 is 24.7 Å². The number of hydrogen-bond donors (Lipinski definition) is 1. The summed E-state index contributed by atoms with van der Waals surface area (Å²) >= 11 is 0. The average Bonchev–Trinajstić information content (AvgIpc) is 2.91. The standard InChI is InChI=1S/C30H28N2O5/c1-3-5-16-35-22-11-9-20(10-12-22)30(33)36-24-13-14-25-27(18-24)37-29(32)26(19-31)28(25)21-7-6-8-23(17-21)34-15-4-2/h4,6-14,17-18,28H,2-3,5,15-16,32H2,1H3. The van der Waals surface area contributed by atoms with E-state index in [1.807, 2.05) is 24.3 Å². The lowest BCUT2D eigenvalue weighted by Crippen LogP contribution is -2.21. The van der Waals surface area contributed by atoms with E-state index in [1.165, 1.54) is 0 Å². The molecule has 0 bridgehead atoms. The van der Waals surface area contributed by atoms with Gasteiger partial charge in [0, 0.05) is 11.6 Å². The zero-order valence-electron chi connectivity index (χ0n) is 20.6. The van der Waals surface area contributed by atoms with Gasteiger partial charge in [-0.3, -0.25) is 0 Å². The molecule has 1 atom stereocenters. The zero-order chi connectivity index (χ0) is 26.2. The summed E-state index contributed by atoms with van der Waals surface area (Å²) < 4.78 is 22.6. The van der Waals surface area contributed by atoms with Gasteiger partial charge >= 0.3 is 5.97 Å². The maximum Gasteiger partial charge on any atom is 0.343 e. The molecule has 0 amide bonds. The molecule has 1 unspecified atom stereocenters. The van der Waals surface area contributed by atoms with Gasteiger partial charge in [-0.05, 0) is 54.4 Å². The van der Waals surface area contributed by atoms with Crippen molar-refractivity contribution in [3.8, 4) is 29.1 Å². The molecule has 0 spiro atoms. The number of carbonyl (C=O) groups is 1. The highest BCUT2D eigenvalue weighted by atomic mass is 16.5. The van der Waals surface area contributed by atoms with Gasteiger partial charge < -0.3 is 24.7 Å². The Morgan fingerprint density at radius 1 is 1.08 bits per heavy atom. The van der Waals surface area contributed by atoms with Crippen molar-refractivity contribution in [3.63, 3.8) is 0 Å². The quantitative estimate of drug-likeness (QED) is 0.162. The lowest BCUT2D eigenvalue weighted by molar-refractivity contribution is 0.0734. The number of ether oxygens (including phenoxy) is 4. The van der Waals surface area contributed by atoms with Crippen LogP contribution in [0.25, 0.3) is 0 Å². The largest absolute Gasteiger partial charge is 0.494 e. The molecule has 1 heterocycles. The molecule has 3 aromatic rings. The van der Waals surface area contributed by atoms with Gasteiger partial charge in [0.1, 0.15) is 41.2 Å². The van der Waals surface area contributed by atoms with E-state index in [4.69, 9.17) is 24.7 Å². The molecular formula is C30H28N2O5. The van der Waals surface area contributed by atoms with Gasteiger partial charge in [-0.25, -0.2) is 4.79 Å². The Labute approximate surface area is 216 Å². The van der Waals surface area contributed by atoms with Gasteiger partial charge in [-0.2, -0.15) is 5.26 Å². The van der Waals surface area contributed by atoms with Crippen LogP contribution in [-0.2, 0) is 0 Å². The molecule has 2 N–H and O–H groups in total. The summed E-state index contributed by atoms with van der Waals surface area (Å²) in [6.07, 6.45) is 3.67. The normalized spacial score (nSPS) is 14.1.